The van der Waals surface area contributed by atoms with Crippen molar-refractivity contribution in [3.63, 3.8) is 0 Å². The van der Waals surface area contributed by atoms with Gasteiger partial charge in [-0.1, -0.05) is 32.4 Å². The number of nitrogens with two attached hydrogens (primary N) is 1. The maximum atomic E-state index is 6.20. The molecule has 0 bridgehead atoms. The summed E-state index contributed by atoms with van der Waals surface area (Å²) in [6.07, 6.45) is 0.790. The molecule has 1 aromatic rings. The highest BCUT2D eigenvalue weighted by Crippen LogP contribution is 2.26. The lowest BCUT2D eigenvalue weighted by Crippen LogP contribution is -2.45. The van der Waals surface area contributed by atoms with Crippen LogP contribution in [-0.2, 0) is 13.5 Å². The highest BCUT2D eigenvalue weighted by Gasteiger charge is 2.26. The molecule has 0 fully saturated rings. The quantitative estimate of drug-likeness (QED) is 0.630. The topological polar surface area (TPSA) is 55.9 Å². The van der Waals surface area contributed by atoms with Gasteiger partial charge in [0.2, 0.25) is 0 Å². The van der Waals surface area contributed by atoms with E-state index in [2.05, 4.69) is 31.3 Å². The second-order valence-electron chi connectivity index (χ2n) is 5.27. The van der Waals surface area contributed by atoms with Gasteiger partial charge in [-0.15, -0.1) is 0 Å². The zero-order valence-electron chi connectivity index (χ0n) is 10.6. The second-order valence-corrected chi connectivity index (χ2v) is 5.63. The Hall–Kier alpha value is -0.580. The number of hydrazine groups is 1. The molecular weight excluding hydrogens is 224 g/mol. The summed E-state index contributed by atoms with van der Waals surface area (Å²) in [6.45, 7) is 8.42. The number of aryl methyl sites for hydroxylation is 2. The standard InChI is InChI=1S/C11H21ClN4/c1-7-8(10(12)16(5)15-7)6-9(14-13)11(2,3)4/h9,14H,6,13H2,1-5H3. The number of rotatable bonds is 3. The first-order valence-electron chi connectivity index (χ1n) is 5.41. The number of hydrogen-bond donors (Lipinski definition) is 2. The van der Waals surface area contributed by atoms with Gasteiger partial charge in [-0.3, -0.25) is 16.0 Å². The molecule has 3 N–H and O–H groups in total. The summed E-state index contributed by atoms with van der Waals surface area (Å²) in [5.41, 5.74) is 4.98. The van der Waals surface area contributed by atoms with E-state index in [1.165, 1.54) is 0 Å². The van der Waals surface area contributed by atoms with Crippen LogP contribution in [0.1, 0.15) is 32.0 Å². The van der Waals surface area contributed by atoms with Gasteiger partial charge < -0.3 is 0 Å². The third-order valence-electron chi connectivity index (χ3n) is 2.92. The number of halogens is 1. The largest absolute Gasteiger partial charge is 0.271 e. The van der Waals surface area contributed by atoms with Gasteiger partial charge in [0.25, 0.3) is 0 Å². The molecule has 0 aliphatic carbocycles. The van der Waals surface area contributed by atoms with Gasteiger partial charge in [-0.2, -0.15) is 5.10 Å². The molecule has 5 heteroatoms. The van der Waals surface area contributed by atoms with Crippen molar-refractivity contribution in [3.8, 4) is 0 Å². The third-order valence-corrected chi connectivity index (χ3v) is 3.40. The van der Waals surface area contributed by atoms with Crippen LogP contribution in [0.3, 0.4) is 0 Å². The van der Waals surface area contributed by atoms with Gasteiger partial charge in [-0.25, -0.2) is 0 Å². The molecule has 0 aromatic carbocycles. The molecule has 0 aliphatic rings. The van der Waals surface area contributed by atoms with Crippen molar-refractivity contribution in [2.45, 2.75) is 40.2 Å². The highest BCUT2D eigenvalue weighted by molar-refractivity contribution is 6.30. The molecular formula is C11H21ClN4. The van der Waals surface area contributed by atoms with E-state index in [0.29, 0.717) is 5.15 Å². The Labute approximate surface area is 102 Å². The Kier molecular flexibility index (Phi) is 3.99. The first-order chi connectivity index (χ1) is 7.27. The van der Waals surface area contributed by atoms with Crippen LogP contribution in [0.25, 0.3) is 0 Å². The zero-order chi connectivity index (χ0) is 12.5. The van der Waals surface area contributed by atoms with Crippen LogP contribution in [0, 0.1) is 12.3 Å². The predicted octanol–water partition coefficient (Wildman–Crippen LogP) is 1.80. The first kappa shape index (κ1) is 13.5. The third kappa shape index (κ3) is 2.75. The van der Waals surface area contributed by atoms with E-state index in [4.69, 9.17) is 17.4 Å². The van der Waals surface area contributed by atoms with Gasteiger partial charge in [-0.05, 0) is 18.8 Å². The van der Waals surface area contributed by atoms with Crippen LogP contribution in [-0.4, -0.2) is 15.8 Å². The molecule has 1 unspecified atom stereocenters. The fraction of sp³-hybridized carbons (Fsp3) is 0.727. The summed E-state index contributed by atoms with van der Waals surface area (Å²) in [6, 6.07) is 0.174. The number of hydrogen-bond acceptors (Lipinski definition) is 3. The van der Waals surface area contributed by atoms with E-state index in [1.54, 1.807) is 4.68 Å². The summed E-state index contributed by atoms with van der Waals surface area (Å²) in [7, 11) is 1.85. The van der Waals surface area contributed by atoms with Crippen LogP contribution in [0.5, 0.6) is 0 Å². The van der Waals surface area contributed by atoms with Crippen LogP contribution in [0.15, 0.2) is 0 Å². The average molecular weight is 245 g/mol. The second kappa shape index (κ2) is 4.73. The summed E-state index contributed by atoms with van der Waals surface area (Å²) in [5, 5.41) is 4.99. The van der Waals surface area contributed by atoms with E-state index >= 15 is 0 Å². The van der Waals surface area contributed by atoms with Gasteiger partial charge >= 0.3 is 0 Å². The molecule has 92 valence electrons. The summed E-state index contributed by atoms with van der Waals surface area (Å²) < 4.78 is 1.70. The lowest BCUT2D eigenvalue weighted by atomic mass is 9.83. The Morgan fingerprint density at radius 2 is 2.06 bits per heavy atom. The van der Waals surface area contributed by atoms with E-state index < -0.39 is 0 Å². The summed E-state index contributed by atoms with van der Waals surface area (Å²) in [4.78, 5) is 0. The number of nitrogens with zero attached hydrogens (tertiary/aromatic N) is 2. The minimum absolute atomic E-state index is 0.0837. The van der Waals surface area contributed by atoms with Crippen LogP contribution in [0.2, 0.25) is 5.15 Å². The molecule has 0 saturated carbocycles. The van der Waals surface area contributed by atoms with Crippen molar-refractivity contribution in [2.75, 3.05) is 0 Å². The molecule has 0 saturated heterocycles. The normalized spacial score (nSPS) is 14.2. The van der Waals surface area contributed by atoms with Crippen LogP contribution in [0.4, 0.5) is 0 Å². The maximum absolute atomic E-state index is 6.20. The lowest BCUT2D eigenvalue weighted by Gasteiger charge is -2.30. The molecule has 16 heavy (non-hydrogen) atoms. The van der Waals surface area contributed by atoms with Crippen LogP contribution < -0.4 is 11.3 Å². The molecule has 1 atom stereocenters. The maximum Gasteiger partial charge on any atom is 0.130 e. The van der Waals surface area contributed by atoms with Gasteiger partial charge in [0.15, 0.2) is 0 Å². The predicted molar refractivity (Wildman–Crippen MR) is 67.2 cm³/mol. The minimum Gasteiger partial charge on any atom is -0.271 e. The van der Waals surface area contributed by atoms with E-state index in [-0.39, 0.29) is 11.5 Å². The highest BCUT2D eigenvalue weighted by atomic mass is 35.5. The van der Waals surface area contributed by atoms with Crippen molar-refractivity contribution in [3.05, 3.63) is 16.4 Å². The first-order valence-corrected chi connectivity index (χ1v) is 5.79. The zero-order valence-corrected chi connectivity index (χ0v) is 11.4. The van der Waals surface area contributed by atoms with Crippen molar-refractivity contribution < 1.29 is 0 Å². The van der Waals surface area contributed by atoms with Crippen molar-refractivity contribution in [1.29, 1.82) is 0 Å². The molecule has 1 rings (SSSR count). The monoisotopic (exact) mass is 244 g/mol. The number of aromatic nitrogens is 2. The molecule has 4 nitrogen and oxygen atoms in total. The van der Waals surface area contributed by atoms with Gasteiger partial charge in [0.1, 0.15) is 5.15 Å². The average Bonchev–Trinajstić information content (AvgIpc) is 2.37. The van der Waals surface area contributed by atoms with Crippen LogP contribution >= 0.6 is 11.6 Å². The fourth-order valence-electron chi connectivity index (χ4n) is 1.73. The summed E-state index contributed by atoms with van der Waals surface area (Å²) in [5.74, 6) is 5.59. The smallest absolute Gasteiger partial charge is 0.130 e. The van der Waals surface area contributed by atoms with Gasteiger partial charge in [0, 0.05) is 18.7 Å². The Bertz CT molecular complexity index is 365. The van der Waals surface area contributed by atoms with Crippen molar-refractivity contribution in [2.24, 2.45) is 18.3 Å². The van der Waals surface area contributed by atoms with E-state index in [0.717, 1.165) is 17.7 Å². The molecule has 0 radical (unpaired) electrons. The molecule has 0 spiro atoms. The summed E-state index contributed by atoms with van der Waals surface area (Å²) >= 11 is 6.20. The Balaban J connectivity index is 2.95. The lowest BCUT2D eigenvalue weighted by molar-refractivity contribution is 0.268. The SMILES string of the molecule is Cc1nn(C)c(Cl)c1CC(NN)C(C)(C)C. The molecule has 0 amide bonds. The number of nitrogens with one attached hydrogen (secondary N) is 1. The van der Waals surface area contributed by atoms with Crippen molar-refractivity contribution >= 4 is 11.6 Å². The Morgan fingerprint density at radius 3 is 2.38 bits per heavy atom. The van der Waals surface area contributed by atoms with E-state index in [1.807, 2.05) is 14.0 Å². The van der Waals surface area contributed by atoms with E-state index in [9.17, 15) is 0 Å². The molecule has 0 aliphatic heterocycles. The molecule has 1 heterocycles. The fourth-order valence-corrected chi connectivity index (χ4v) is 1.98. The molecule has 1 aromatic heterocycles. The van der Waals surface area contributed by atoms with Crippen molar-refractivity contribution in [1.82, 2.24) is 15.2 Å². The minimum atomic E-state index is 0.0837. The van der Waals surface area contributed by atoms with Gasteiger partial charge in [0.05, 0.1) is 5.69 Å². The Morgan fingerprint density at radius 1 is 1.50 bits per heavy atom.